The average Bonchev–Trinajstić information content (AvgIpc) is 2.75. The third-order valence-electron chi connectivity index (χ3n) is 5.33. The second kappa shape index (κ2) is 12.6. The molecule has 0 fully saturated rings. The van der Waals surface area contributed by atoms with Crippen molar-refractivity contribution in [1.82, 2.24) is 0 Å². The van der Waals surface area contributed by atoms with Gasteiger partial charge in [0.25, 0.3) is 0 Å². The summed E-state index contributed by atoms with van der Waals surface area (Å²) in [5.41, 5.74) is 3.57. The first-order valence-corrected chi connectivity index (χ1v) is 11.2. The van der Waals surface area contributed by atoms with Crippen LogP contribution in [0.1, 0.15) is 57.1 Å². The van der Waals surface area contributed by atoms with Gasteiger partial charge in [0.05, 0.1) is 11.4 Å². The summed E-state index contributed by atoms with van der Waals surface area (Å²) in [4.78, 5) is 26.5. The van der Waals surface area contributed by atoms with Gasteiger partial charge in [0, 0.05) is 13.1 Å². The number of carbonyl (C=O) groups is 2. The number of anilines is 2. The zero-order chi connectivity index (χ0) is 22.6. The molecule has 2 amide bonds. The number of hydrogen-bond donors (Lipinski definition) is 2. The molecule has 2 rings (SSSR count). The van der Waals surface area contributed by atoms with Crippen LogP contribution in [0.3, 0.4) is 0 Å². The van der Waals surface area contributed by atoms with Crippen LogP contribution in [0, 0.1) is 0 Å². The first kappa shape index (κ1) is 24.3. The number of nitrogens with zero attached hydrogens (tertiary/aromatic N) is 2. The molecule has 0 saturated heterocycles. The van der Waals surface area contributed by atoms with Crippen LogP contribution in [0.5, 0.6) is 0 Å². The van der Waals surface area contributed by atoms with Gasteiger partial charge in [-0.15, -0.1) is 0 Å². The summed E-state index contributed by atoms with van der Waals surface area (Å²) in [7, 11) is 0. The van der Waals surface area contributed by atoms with Gasteiger partial charge in [-0.3, -0.25) is 9.80 Å². The molecule has 0 heterocycles. The molecule has 0 atom stereocenters. The Morgan fingerprint density at radius 2 is 1.06 bits per heavy atom. The van der Waals surface area contributed by atoms with E-state index in [0.717, 1.165) is 54.6 Å². The Morgan fingerprint density at radius 1 is 0.677 bits per heavy atom. The van der Waals surface area contributed by atoms with Gasteiger partial charge in [0.2, 0.25) is 0 Å². The van der Waals surface area contributed by atoms with Crippen molar-refractivity contribution in [2.45, 2.75) is 58.8 Å². The van der Waals surface area contributed by atoms with Gasteiger partial charge < -0.3 is 10.2 Å². The second-order valence-electron chi connectivity index (χ2n) is 7.69. The molecule has 31 heavy (non-hydrogen) atoms. The number of carboxylic acid groups (broad SMARTS) is 2. The minimum Gasteiger partial charge on any atom is -0.465 e. The molecule has 0 spiro atoms. The molecule has 0 aliphatic heterocycles. The van der Waals surface area contributed by atoms with Crippen molar-refractivity contribution in [1.29, 1.82) is 0 Å². The van der Waals surface area contributed by atoms with Crippen LogP contribution < -0.4 is 9.80 Å². The van der Waals surface area contributed by atoms with Gasteiger partial charge in [-0.2, -0.15) is 0 Å². The Hall–Kier alpha value is -3.02. The van der Waals surface area contributed by atoms with Crippen LogP contribution in [-0.2, 0) is 12.8 Å². The fourth-order valence-corrected chi connectivity index (χ4v) is 3.86. The fraction of sp³-hybridized carbons (Fsp3) is 0.440. The van der Waals surface area contributed by atoms with Crippen molar-refractivity contribution in [2.75, 3.05) is 22.9 Å². The van der Waals surface area contributed by atoms with E-state index in [4.69, 9.17) is 0 Å². The van der Waals surface area contributed by atoms with Crippen LogP contribution in [0.25, 0.3) is 0 Å². The molecule has 0 aliphatic rings. The first-order valence-electron chi connectivity index (χ1n) is 11.2. The lowest BCUT2D eigenvalue weighted by molar-refractivity contribution is 0.201. The summed E-state index contributed by atoms with van der Waals surface area (Å²) in [5, 5.41) is 19.4. The van der Waals surface area contributed by atoms with Crippen LogP contribution in [0.4, 0.5) is 21.0 Å². The minimum absolute atomic E-state index is 0.398. The SMILES string of the molecule is CCCc1ccccc1N(CCCCCN(C(=O)O)c1ccccc1CCC)C(=O)O. The van der Waals surface area contributed by atoms with Gasteiger partial charge in [-0.25, -0.2) is 9.59 Å². The highest BCUT2D eigenvalue weighted by Crippen LogP contribution is 2.24. The summed E-state index contributed by atoms with van der Waals surface area (Å²) >= 11 is 0. The molecule has 0 saturated carbocycles. The molecule has 6 nitrogen and oxygen atoms in total. The third-order valence-corrected chi connectivity index (χ3v) is 5.33. The Labute approximate surface area is 185 Å². The van der Waals surface area contributed by atoms with Crippen molar-refractivity contribution >= 4 is 23.6 Å². The topological polar surface area (TPSA) is 81.1 Å². The van der Waals surface area contributed by atoms with Crippen molar-refractivity contribution in [3.8, 4) is 0 Å². The van der Waals surface area contributed by atoms with E-state index in [1.165, 1.54) is 9.80 Å². The number of rotatable bonds is 12. The van der Waals surface area contributed by atoms with E-state index in [-0.39, 0.29) is 0 Å². The molecule has 0 aromatic heterocycles. The molecule has 0 bridgehead atoms. The van der Waals surface area contributed by atoms with E-state index in [0.29, 0.717) is 25.9 Å². The Kier molecular flexibility index (Phi) is 9.88. The van der Waals surface area contributed by atoms with Gasteiger partial charge in [-0.05, 0) is 55.4 Å². The van der Waals surface area contributed by atoms with E-state index in [1.54, 1.807) is 0 Å². The number of hydrogen-bond acceptors (Lipinski definition) is 2. The van der Waals surface area contributed by atoms with E-state index in [1.807, 2.05) is 48.5 Å². The van der Waals surface area contributed by atoms with Crippen molar-refractivity contribution in [2.24, 2.45) is 0 Å². The van der Waals surface area contributed by atoms with E-state index < -0.39 is 12.2 Å². The van der Waals surface area contributed by atoms with Crippen LogP contribution >= 0.6 is 0 Å². The Morgan fingerprint density at radius 3 is 1.42 bits per heavy atom. The number of amides is 2. The van der Waals surface area contributed by atoms with Gasteiger partial charge in [0.1, 0.15) is 0 Å². The first-order chi connectivity index (χ1) is 15.0. The van der Waals surface area contributed by atoms with Crippen LogP contribution in [0.2, 0.25) is 0 Å². The highest BCUT2D eigenvalue weighted by molar-refractivity contribution is 5.87. The molecule has 2 aromatic rings. The minimum atomic E-state index is -0.954. The normalized spacial score (nSPS) is 10.6. The molecule has 168 valence electrons. The Bertz CT molecular complexity index is 783. The number of aryl methyl sites for hydroxylation is 2. The molecule has 6 heteroatoms. The van der Waals surface area contributed by atoms with Crippen molar-refractivity contribution in [3.05, 3.63) is 59.7 Å². The molecule has 0 radical (unpaired) electrons. The van der Waals surface area contributed by atoms with E-state index in [9.17, 15) is 19.8 Å². The number of para-hydroxylation sites is 2. The summed E-state index contributed by atoms with van der Waals surface area (Å²) < 4.78 is 0. The summed E-state index contributed by atoms with van der Waals surface area (Å²) in [5.74, 6) is 0. The standard InChI is InChI=1S/C25H34N2O4/c1-3-12-20-14-6-8-16-22(20)26(24(28)29)18-10-5-11-19-27(25(30)31)23-17-9-7-15-21(23)13-4-2/h6-9,14-17H,3-5,10-13,18-19H2,1-2H3,(H,28,29)(H,30,31). The number of unbranched alkanes of at least 4 members (excludes halogenated alkanes) is 2. The summed E-state index contributed by atoms with van der Waals surface area (Å²) in [6.07, 6.45) is 3.78. The molecule has 0 unspecified atom stereocenters. The van der Waals surface area contributed by atoms with E-state index in [2.05, 4.69) is 13.8 Å². The molecule has 0 aliphatic carbocycles. The molecular weight excluding hydrogens is 392 g/mol. The van der Waals surface area contributed by atoms with Crippen LogP contribution in [0.15, 0.2) is 48.5 Å². The quantitative estimate of drug-likeness (QED) is 0.383. The highest BCUT2D eigenvalue weighted by Gasteiger charge is 2.19. The number of benzene rings is 2. The predicted octanol–water partition coefficient (Wildman–Crippen LogP) is 6.43. The maximum absolute atomic E-state index is 11.8. The maximum atomic E-state index is 11.8. The molecule has 2 N–H and O–H groups in total. The molecular formula is C25H34N2O4. The Balaban J connectivity index is 1.96. The van der Waals surface area contributed by atoms with Crippen LogP contribution in [-0.4, -0.2) is 35.5 Å². The van der Waals surface area contributed by atoms with Crippen molar-refractivity contribution in [3.63, 3.8) is 0 Å². The summed E-state index contributed by atoms with van der Waals surface area (Å²) in [6.45, 7) is 4.95. The smallest absolute Gasteiger partial charge is 0.411 e. The lowest BCUT2D eigenvalue weighted by Gasteiger charge is -2.24. The summed E-state index contributed by atoms with van der Waals surface area (Å²) in [6, 6.07) is 15.3. The van der Waals surface area contributed by atoms with Gasteiger partial charge in [-0.1, -0.05) is 63.1 Å². The third kappa shape index (κ3) is 7.02. The second-order valence-corrected chi connectivity index (χ2v) is 7.69. The maximum Gasteiger partial charge on any atom is 0.411 e. The lowest BCUT2D eigenvalue weighted by atomic mass is 10.1. The largest absolute Gasteiger partial charge is 0.465 e. The average molecular weight is 427 g/mol. The predicted molar refractivity (Wildman–Crippen MR) is 125 cm³/mol. The zero-order valence-electron chi connectivity index (χ0n) is 18.6. The van der Waals surface area contributed by atoms with Crippen molar-refractivity contribution < 1.29 is 19.8 Å². The zero-order valence-corrected chi connectivity index (χ0v) is 18.6. The fourth-order valence-electron chi connectivity index (χ4n) is 3.86. The molecule has 2 aromatic carbocycles. The van der Waals surface area contributed by atoms with Gasteiger partial charge >= 0.3 is 12.2 Å². The lowest BCUT2D eigenvalue weighted by Crippen LogP contribution is -2.32. The monoisotopic (exact) mass is 426 g/mol. The van der Waals surface area contributed by atoms with Gasteiger partial charge in [0.15, 0.2) is 0 Å². The highest BCUT2D eigenvalue weighted by atomic mass is 16.4. The van der Waals surface area contributed by atoms with E-state index >= 15 is 0 Å².